The molecule has 0 bridgehead atoms. The predicted molar refractivity (Wildman–Crippen MR) is 62.2 cm³/mol. The van der Waals surface area contributed by atoms with Gasteiger partial charge in [0, 0.05) is 12.6 Å². The van der Waals surface area contributed by atoms with E-state index < -0.39 is 5.54 Å². The van der Waals surface area contributed by atoms with Gasteiger partial charge in [0.2, 0.25) is 0 Å². The maximum atomic E-state index is 11.7. The normalized spacial score (nSPS) is 39.6. The van der Waals surface area contributed by atoms with Crippen molar-refractivity contribution >= 4 is 5.97 Å². The van der Waals surface area contributed by atoms with E-state index in [4.69, 9.17) is 4.74 Å². The van der Waals surface area contributed by atoms with Crippen LogP contribution in [-0.4, -0.2) is 37.7 Å². The molecule has 2 aliphatic heterocycles. The molecule has 2 aliphatic rings. The number of nitrogens with one attached hydrogen (secondary N) is 2. The Balaban J connectivity index is 1.93. The summed E-state index contributed by atoms with van der Waals surface area (Å²) in [5.74, 6) is 0.426. The molecule has 0 spiro atoms. The lowest BCUT2D eigenvalue weighted by Crippen LogP contribution is -2.45. The first kappa shape index (κ1) is 11.9. The molecule has 0 radical (unpaired) electrons. The second-order valence-electron chi connectivity index (χ2n) is 5.23. The molecule has 0 aliphatic carbocycles. The van der Waals surface area contributed by atoms with Crippen LogP contribution in [0, 0.1) is 5.92 Å². The molecule has 2 heterocycles. The van der Waals surface area contributed by atoms with Crippen molar-refractivity contribution in [2.24, 2.45) is 5.92 Å². The van der Waals surface area contributed by atoms with E-state index >= 15 is 0 Å². The van der Waals surface area contributed by atoms with Crippen molar-refractivity contribution in [3.8, 4) is 0 Å². The van der Waals surface area contributed by atoms with Gasteiger partial charge in [-0.3, -0.25) is 4.79 Å². The van der Waals surface area contributed by atoms with Gasteiger partial charge in [-0.05, 0) is 38.6 Å². The van der Waals surface area contributed by atoms with Crippen molar-refractivity contribution in [3.63, 3.8) is 0 Å². The Hall–Kier alpha value is -0.610. The third-order valence-corrected chi connectivity index (χ3v) is 3.98. The molecule has 2 fully saturated rings. The number of methoxy groups -OCH3 is 1. The van der Waals surface area contributed by atoms with Crippen LogP contribution in [0.2, 0.25) is 0 Å². The fourth-order valence-corrected chi connectivity index (χ4v) is 2.97. The quantitative estimate of drug-likeness (QED) is 0.680. The fourth-order valence-electron chi connectivity index (χ4n) is 2.97. The number of hydrogen-bond acceptors (Lipinski definition) is 4. The van der Waals surface area contributed by atoms with E-state index in [9.17, 15) is 4.79 Å². The highest BCUT2D eigenvalue weighted by Crippen LogP contribution is 2.30. The molecule has 2 N–H and O–H groups in total. The summed E-state index contributed by atoms with van der Waals surface area (Å²) in [5, 5.41) is 6.88. The smallest absolute Gasteiger partial charge is 0.325 e. The molecular formula is C12H22N2O2. The van der Waals surface area contributed by atoms with Crippen LogP contribution in [0.4, 0.5) is 0 Å². The van der Waals surface area contributed by atoms with E-state index in [1.165, 1.54) is 26.4 Å². The number of hydrogen-bond donors (Lipinski definition) is 2. The number of ether oxygens (including phenoxy) is 1. The van der Waals surface area contributed by atoms with Gasteiger partial charge in [-0.2, -0.15) is 0 Å². The molecule has 0 saturated carbocycles. The van der Waals surface area contributed by atoms with E-state index in [0.29, 0.717) is 12.0 Å². The van der Waals surface area contributed by atoms with E-state index in [1.807, 2.05) is 6.92 Å². The SMILES string of the molecule is COC(=O)C1(C)CC(C2CCCCN2)CN1. The summed E-state index contributed by atoms with van der Waals surface area (Å²) in [4.78, 5) is 11.7. The van der Waals surface area contributed by atoms with Gasteiger partial charge in [0.1, 0.15) is 5.54 Å². The number of rotatable bonds is 2. The van der Waals surface area contributed by atoms with Gasteiger partial charge >= 0.3 is 5.97 Å². The molecule has 3 unspecified atom stereocenters. The fraction of sp³-hybridized carbons (Fsp3) is 0.917. The lowest BCUT2D eigenvalue weighted by molar-refractivity contribution is -0.147. The van der Waals surface area contributed by atoms with Crippen LogP contribution in [0.3, 0.4) is 0 Å². The number of esters is 1. The summed E-state index contributed by atoms with van der Waals surface area (Å²) in [7, 11) is 1.46. The molecule has 0 aromatic heterocycles. The van der Waals surface area contributed by atoms with Crippen LogP contribution in [0.1, 0.15) is 32.6 Å². The molecule has 0 aromatic rings. The average Bonchev–Trinajstić information content (AvgIpc) is 2.73. The minimum atomic E-state index is -0.474. The first-order valence-electron chi connectivity index (χ1n) is 6.22. The van der Waals surface area contributed by atoms with Crippen LogP contribution in [0.5, 0.6) is 0 Å². The summed E-state index contributed by atoms with van der Waals surface area (Å²) in [6.45, 7) is 3.99. The van der Waals surface area contributed by atoms with Crippen molar-refractivity contribution in [2.45, 2.75) is 44.2 Å². The van der Waals surface area contributed by atoms with Gasteiger partial charge in [-0.25, -0.2) is 0 Å². The zero-order chi connectivity index (χ0) is 11.6. The van der Waals surface area contributed by atoms with Crippen molar-refractivity contribution in [1.82, 2.24) is 10.6 Å². The molecule has 3 atom stereocenters. The Kier molecular flexibility index (Phi) is 3.50. The van der Waals surface area contributed by atoms with Crippen LogP contribution in [-0.2, 0) is 9.53 Å². The number of carbonyl (C=O) groups excluding carboxylic acids is 1. The topological polar surface area (TPSA) is 50.4 Å². The van der Waals surface area contributed by atoms with Crippen molar-refractivity contribution < 1.29 is 9.53 Å². The van der Waals surface area contributed by atoms with E-state index in [1.54, 1.807) is 0 Å². The molecule has 4 nitrogen and oxygen atoms in total. The second kappa shape index (κ2) is 4.72. The predicted octanol–water partition coefficient (Wildman–Crippen LogP) is 0.670. The number of carbonyl (C=O) groups is 1. The summed E-state index contributed by atoms with van der Waals surface area (Å²) in [6.07, 6.45) is 4.72. The van der Waals surface area contributed by atoms with Gasteiger partial charge in [0.25, 0.3) is 0 Å². The molecule has 16 heavy (non-hydrogen) atoms. The first-order chi connectivity index (χ1) is 7.65. The van der Waals surface area contributed by atoms with Gasteiger partial charge in [0.05, 0.1) is 7.11 Å². The Labute approximate surface area is 97.1 Å². The monoisotopic (exact) mass is 226 g/mol. The molecule has 2 rings (SSSR count). The lowest BCUT2D eigenvalue weighted by atomic mass is 9.86. The minimum absolute atomic E-state index is 0.134. The van der Waals surface area contributed by atoms with E-state index in [-0.39, 0.29) is 5.97 Å². The van der Waals surface area contributed by atoms with Gasteiger partial charge in [-0.1, -0.05) is 6.42 Å². The molecule has 0 amide bonds. The highest BCUT2D eigenvalue weighted by atomic mass is 16.5. The molecule has 4 heteroatoms. The Morgan fingerprint density at radius 3 is 2.88 bits per heavy atom. The van der Waals surface area contributed by atoms with Crippen LogP contribution >= 0.6 is 0 Å². The summed E-state index contributed by atoms with van der Waals surface area (Å²) in [5.41, 5.74) is -0.474. The molecule has 2 saturated heterocycles. The zero-order valence-electron chi connectivity index (χ0n) is 10.2. The van der Waals surface area contributed by atoms with Crippen LogP contribution in [0.15, 0.2) is 0 Å². The van der Waals surface area contributed by atoms with Gasteiger partial charge in [-0.15, -0.1) is 0 Å². The average molecular weight is 226 g/mol. The molecule has 0 aromatic carbocycles. The largest absolute Gasteiger partial charge is 0.468 e. The Morgan fingerprint density at radius 1 is 1.44 bits per heavy atom. The standard InChI is InChI=1S/C12H22N2O2/c1-12(11(15)16-2)7-9(8-14-12)10-5-3-4-6-13-10/h9-10,13-14H,3-8H2,1-2H3. The summed E-state index contributed by atoms with van der Waals surface area (Å²) in [6, 6.07) is 0.577. The van der Waals surface area contributed by atoms with Crippen LogP contribution < -0.4 is 10.6 Å². The minimum Gasteiger partial charge on any atom is -0.468 e. The highest BCUT2D eigenvalue weighted by Gasteiger charge is 2.44. The summed E-state index contributed by atoms with van der Waals surface area (Å²) < 4.78 is 4.85. The summed E-state index contributed by atoms with van der Waals surface area (Å²) >= 11 is 0. The van der Waals surface area contributed by atoms with Gasteiger partial charge < -0.3 is 15.4 Å². The molecular weight excluding hydrogens is 204 g/mol. The maximum absolute atomic E-state index is 11.7. The zero-order valence-corrected chi connectivity index (χ0v) is 10.2. The first-order valence-corrected chi connectivity index (χ1v) is 6.22. The Morgan fingerprint density at radius 2 is 2.25 bits per heavy atom. The van der Waals surface area contributed by atoms with E-state index in [0.717, 1.165) is 19.5 Å². The maximum Gasteiger partial charge on any atom is 0.325 e. The third kappa shape index (κ3) is 2.23. The van der Waals surface area contributed by atoms with E-state index in [2.05, 4.69) is 10.6 Å². The van der Waals surface area contributed by atoms with Gasteiger partial charge in [0.15, 0.2) is 0 Å². The lowest BCUT2D eigenvalue weighted by Gasteiger charge is -2.29. The van der Waals surface area contributed by atoms with Crippen molar-refractivity contribution in [2.75, 3.05) is 20.2 Å². The van der Waals surface area contributed by atoms with Crippen molar-refractivity contribution in [3.05, 3.63) is 0 Å². The van der Waals surface area contributed by atoms with Crippen molar-refractivity contribution in [1.29, 1.82) is 0 Å². The third-order valence-electron chi connectivity index (χ3n) is 3.98. The Bertz CT molecular complexity index is 264. The van der Waals surface area contributed by atoms with Crippen LogP contribution in [0.25, 0.3) is 0 Å². The number of piperidine rings is 1. The highest BCUT2D eigenvalue weighted by molar-refractivity contribution is 5.80. The second-order valence-corrected chi connectivity index (χ2v) is 5.23. The molecule has 92 valence electrons.